The molecule has 0 spiro atoms. The van der Waals surface area contributed by atoms with Crippen LogP contribution in [0, 0.1) is 6.92 Å². The second-order valence-corrected chi connectivity index (χ2v) is 8.93. The third-order valence-corrected chi connectivity index (χ3v) is 6.78. The number of carbonyl (C=O) groups is 1. The average Bonchev–Trinajstić information content (AvgIpc) is 2.71. The molecule has 0 bridgehead atoms. The van der Waals surface area contributed by atoms with Crippen LogP contribution in [0.25, 0.3) is 0 Å². The molecule has 156 valence electrons. The molecular formula is C20H24N2O6S. The maximum atomic E-state index is 13.0. The molecule has 8 nitrogen and oxygen atoms in total. The largest absolute Gasteiger partial charge is 0.489 e. The van der Waals surface area contributed by atoms with Crippen LogP contribution in [0.4, 0.5) is 0 Å². The van der Waals surface area contributed by atoms with Crippen molar-refractivity contribution in [3.63, 3.8) is 0 Å². The van der Waals surface area contributed by atoms with Crippen molar-refractivity contribution in [3.8, 4) is 5.75 Å². The Morgan fingerprint density at radius 1 is 1.24 bits per heavy atom. The first-order valence-electron chi connectivity index (χ1n) is 9.23. The molecule has 29 heavy (non-hydrogen) atoms. The van der Waals surface area contributed by atoms with Crippen molar-refractivity contribution in [2.75, 3.05) is 6.54 Å². The second-order valence-electron chi connectivity index (χ2n) is 7.03. The molecule has 1 saturated heterocycles. The molecule has 1 heterocycles. The van der Waals surface area contributed by atoms with Crippen LogP contribution in [-0.4, -0.2) is 47.6 Å². The van der Waals surface area contributed by atoms with E-state index >= 15 is 0 Å². The number of hydroxylamine groups is 1. The van der Waals surface area contributed by atoms with Crippen molar-refractivity contribution in [1.82, 2.24) is 9.79 Å². The van der Waals surface area contributed by atoms with Gasteiger partial charge < -0.3 is 9.84 Å². The van der Waals surface area contributed by atoms with Gasteiger partial charge in [-0.2, -0.15) is 4.31 Å². The number of nitrogens with zero attached hydrogens (tertiary/aromatic N) is 1. The molecule has 3 rings (SSSR count). The fourth-order valence-electron chi connectivity index (χ4n) is 3.34. The number of amides is 1. The summed E-state index contributed by atoms with van der Waals surface area (Å²) in [6, 6.07) is 12.7. The molecule has 1 aliphatic heterocycles. The molecule has 0 aromatic heterocycles. The highest BCUT2D eigenvalue weighted by Crippen LogP contribution is 2.27. The predicted molar refractivity (Wildman–Crippen MR) is 105 cm³/mol. The summed E-state index contributed by atoms with van der Waals surface area (Å²) >= 11 is 0. The first-order chi connectivity index (χ1) is 13.8. The van der Waals surface area contributed by atoms with Crippen molar-refractivity contribution in [3.05, 3.63) is 59.7 Å². The Morgan fingerprint density at radius 3 is 2.62 bits per heavy atom. The molecule has 0 aliphatic carbocycles. The minimum absolute atomic E-state index is 0.00698. The van der Waals surface area contributed by atoms with Crippen LogP contribution < -0.4 is 10.2 Å². The molecule has 0 radical (unpaired) electrons. The first kappa shape index (κ1) is 21.3. The number of sulfonamides is 1. The number of aliphatic hydroxyl groups excluding tert-OH is 1. The number of nitrogens with one attached hydrogen (secondary N) is 1. The van der Waals surface area contributed by atoms with Gasteiger partial charge >= 0.3 is 0 Å². The predicted octanol–water partition coefficient (Wildman–Crippen LogP) is 1.59. The number of hydrogen-bond acceptors (Lipinski definition) is 6. The van der Waals surface area contributed by atoms with Crippen molar-refractivity contribution < 1.29 is 28.3 Å². The number of ether oxygens (including phenoxy) is 1. The molecule has 1 amide bonds. The zero-order valence-corrected chi connectivity index (χ0v) is 16.8. The number of aryl methyl sites for hydroxylation is 1. The van der Waals surface area contributed by atoms with Crippen LogP contribution in [0.3, 0.4) is 0 Å². The third kappa shape index (κ3) is 4.94. The summed E-state index contributed by atoms with van der Waals surface area (Å²) in [4.78, 5) is 11.9. The second kappa shape index (κ2) is 8.91. The van der Waals surface area contributed by atoms with Gasteiger partial charge in [0, 0.05) is 6.54 Å². The molecule has 0 saturated carbocycles. The Morgan fingerprint density at radius 2 is 1.97 bits per heavy atom. The lowest BCUT2D eigenvalue weighted by molar-refractivity contribution is -0.135. The van der Waals surface area contributed by atoms with E-state index in [0.717, 1.165) is 15.4 Å². The number of benzene rings is 2. The van der Waals surface area contributed by atoms with Crippen LogP contribution >= 0.6 is 0 Å². The highest BCUT2D eigenvalue weighted by Gasteiger charge is 2.40. The van der Waals surface area contributed by atoms with Gasteiger partial charge in [0.2, 0.25) is 10.0 Å². The van der Waals surface area contributed by atoms with Gasteiger partial charge in [-0.25, -0.2) is 13.9 Å². The molecule has 1 aliphatic rings. The number of hydrogen-bond donors (Lipinski definition) is 3. The molecule has 2 aromatic rings. The van der Waals surface area contributed by atoms with Crippen LogP contribution in [0.5, 0.6) is 5.75 Å². The Labute approximate surface area is 169 Å². The summed E-state index contributed by atoms with van der Waals surface area (Å²) in [7, 11) is -3.98. The van der Waals surface area contributed by atoms with Crippen molar-refractivity contribution in [2.24, 2.45) is 0 Å². The first-order valence-corrected chi connectivity index (χ1v) is 10.7. The molecule has 9 heteroatoms. The molecule has 2 atom stereocenters. The van der Waals surface area contributed by atoms with E-state index in [-0.39, 0.29) is 24.3 Å². The zero-order valence-electron chi connectivity index (χ0n) is 16.0. The fourth-order valence-corrected chi connectivity index (χ4v) is 4.95. The van der Waals surface area contributed by atoms with Crippen molar-refractivity contribution in [1.29, 1.82) is 0 Å². The summed E-state index contributed by atoms with van der Waals surface area (Å²) in [5, 5.41) is 18.7. The van der Waals surface area contributed by atoms with Gasteiger partial charge in [0.05, 0.1) is 11.0 Å². The zero-order chi connectivity index (χ0) is 21.0. The van der Waals surface area contributed by atoms with Gasteiger partial charge in [-0.05, 0) is 49.6 Å². The monoisotopic (exact) mass is 420 g/mol. The fraction of sp³-hybridized carbons (Fsp3) is 0.350. The number of carbonyl (C=O) groups excluding carboxylic acids is 1. The number of piperidine rings is 1. The maximum absolute atomic E-state index is 13.0. The van der Waals surface area contributed by atoms with E-state index in [2.05, 4.69) is 0 Å². The lowest BCUT2D eigenvalue weighted by Gasteiger charge is -2.35. The summed E-state index contributed by atoms with van der Waals surface area (Å²) in [6.07, 6.45) is -0.670. The average molecular weight is 420 g/mol. The topological polar surface area (TPSA) is 116 Å². The smallest absolute Gasteiger partial charge is 0.261 e. The Kier molecular flexibility index (Phi) is 6.53. The summed E-state index contributed by atoms with van der Waals surface area (Å²) < 4.78 is 32.7. The van der Waals surface area contributed by atoms with Crippen LogP contribution in [0.1, 0.15) is 24.0 Å². The Bertz CT molecular complexity index is 961. The van der Waals surface area contributed by atoms with Gasteiger partial charge in [0.15, 0.2) is 0 Å². The Hall–Kier alpha value is -2.46. The minimum atomic E-state index is -3.98. The SMILES string of the molecule is Cc1cccc(COc2ccc(S(=O)(=O)N3CCC(O)CC3C(=O)NO)cc2)c1. The molecule has 2 unspecified atom stereocenters. The maximum Gasteiger partial charge on any atom is 0.261 e. The molecule has 2 aromatic carbocycles. The quantitative estimate of drug-likeness (QED) is 0.483. The number of rotatable bonds is 6. The van der Waals surface area contributed by atoms with Crippen molar-refractivity contribution >= 4 is 15.9 Å². The highest BCUT2D eigenvalue weighted by atomic mass is 32.2. The van der Waals surface area contributed by atoms with E-state index in [1.807, 2.05) is 31.2 Å². The lowest BCUT2D eigenvalue weighted by atomic mass is 10.0. The van der Waals surface area contributed by atoms with E-state index in [1.165, 1.54) is 17.6 Å². The summed E-state index contributed by atoms with van der Waals surface area (Å²) in [6.45, 7) is 2.33. The van der Waals surface area contributed by atoms with E-state index in [1.54, 1.807) is 12.1 Å². The van der Waals surface area contributed by atoms with Crippen LogP contribution in [-0.2, 0) is 21.4 Å². The van der Waals surface area contributed by atoms with Crippen molar-refractivity contribution in [2.45, 2.75) is 43.4 Å². The van der Waals surface area contributed by atoms with Gasteiger partial charge in [-0.15, -0.1) is 0 Å². The van der Waals surface area contributed by atoms with Crippen LogP contribution in [0.2, 0.25) is 0 Å². The van der Waals surface area contributed by atoms with Gasteiger partial charge in [0.1, 0.15) is 18.4 Å². The van der Waals surface area contributed by atoms with Gasteiger partial charge in [0.25, 0.3) is 5.91 Å². The molecular weight excluding hydrogens is 396 g/mol. The van der Waals surface area contributed by atoms with Gasteiger partial charge in [-0.3, -0.25) is 10.0 Å². The summed E-state index contributed by atoms with van der Waals surface area (Å²) in [5.41, 5.74) is 3.61. The minimum Gasteiger partial charge on any atom is -0.489 e. The number of aliphatic hydroxyl groups is 1. The summed E-state index contributed by atoms with van der Waals surface area (Å²) in [5.74, 6) is -0.352. The van der Waals surface area contributed by atoms with E-state index < -0.39 is 28.1 Å². The lowest BCUT2D eigenvalue weighted by Crippen LogP contribution is -2.54. The van der Waals surface area contributed by atoms with E-state index in [4.69, 9.17) is 9.94 Å². The molecule has 1 fully saturated rings. The van der Waals surface area contributed by atoms with Crippen LogP contribution in [0.15, 0.2) is 53.4 Å². The van der Waals surface area contributed by atoms with E-state index in [0.29, 0.717) is 12.4 Å². The highest BCUT2D eigenvalue weighted by molar-refractivity contribution is 7.89. The third-order valence-electron chi connectivity index (χ3n) is 4.86. The van der Waals surface area contributed by atoms with E-state index in [9.17, 15) is 18.3 Å². The normalized spacial score (nSPS) is 20.2. The standard InChI is InChI=1S/C20H24N2O6S/c1-14-3-2-4-15(11-14)13-28-17-5-7-18(8-6-17)29(26,27)22-10-9-16(23)12-19(22)20(24)21-25/h2-8,11,16,19,23,25H,9-10,12-13H2,1H3,(H,21,24). The van der Waals surface area contributed by atoms with Gasteiger partial charge in [-0.1, -0.05) is 29.8 Å². The molecule has 3 N–H and O–H groups in total. The Balaban J connectivity index is 1.74.